The first-order chi connectivity index (χ1) is 12.8. The topological polar surface area (TPSA) is 137 Å². The zero-order valence-electron chi connectivity index (χ0n) is 14.4. The summed E-state index contributed by atoms with van der Waals surface area (Å²) in [7, 11) is -2.57. The number of hydrogen-bond donors (Lipinski definition) is 3. The Bertz CT molecular complexity index is 938. The molecule has 0 unspecified atom stereocenters. The highest BCUT2D eigenvalue weighted by atomic mass is 32.2. The summed E-state index contributed by atoms with van der Waals surface area (Å²) in [5.41, 5.74) is 1.91. The molecule has 0 saturated carbocycles. The van der Waals surface area contributed by atoms with Gasteiger partial charge in [0.1, 0.15) is 0 Å². The van der Waals surface area contributed by atoms with E-state index in [9.17, 15) is 18.0 Å². The van der Waals surface area contributed by atoms with Crippen LogP contribution in [0.1, 0.15) is 20.7 Å². The summed E-state index contributed by atoms with van der Waals surface area (Å²) >= 11 is 0. The van der Waals surface area contributed by atoms with Crippen LogP contribution in [0.15, 0.2) is 58.8 Å². The molecule has 0 atom stereocenters. The van der Waals surface area contributed by atoms with Crippen LogP contribution in [0.25, 0.3) is 0 Å². The monoisotopic (exact) mass is 390 g/mol. The first kappa shape index (κ1) is 20.2. The molecule has 0 aliphatic rings. The van der Waals surface area contributed by atoms with Crippen molar-refractivity contribution < 1.29 is 22.6 Å². The van der Waals surface area contributed by atoms with Gasteiger partial charge in [0, 0.05) is 24.7 Å². The number of rotatable bonds is 7. The second-order valence-corrected chi connectivity index (χ2v) is 6.99. The fourth-order valence-electron chi connectivity index (χ4n) is 2.01. The molecule has 10 heteroatoms. The highest BCUT2D eigenvalue weighted by molar-refractivity contribution is 7.85. The van der Waals surface area contributed by atoms with E-state index in [1.165, 1.54) is 12.1 Å². The van der Waals surface area contributed by atoms with Crippen molar-refractivity contribution in [2.45, 2.75) is 0 Å². The Labute approximate surface area is 156 Å². The molecule has 9 nitrogen and oxygen atoms in total. The Morgan fingerprint density at radius 2 is 1.33 bits per heavy atom. The lowest BCUT2D eigenvalue weighted by molar-refractivity contribution is 0.0950. The molecule has 0 spiro atoms. The minimum Gasteiger partial charge on any atom is -0.355 e. The number of hydrogen-bond acceptors (Lipinski definition) is 6. The summed E-state index contributed by atoms with van der Waals surface area (Å²) in [6.45, 7) is -0.189. The average molecular weight is 390 g/mol. The van der Waals surface area contributed by atoms with Crippen molar-refractivity contribution in [3.05, 3.63) is 59.7 Å². The van der Waals surface area contributed by atoms with Crippen molar-refractivity contribution in [1.29, 1.82) is 0 Å². The van der Waals surface area contributed by atoms with E-state index in [4.69, 9.17) is 4.55 Å². The molecule has 27 heavy (non-hydrogen) atoms. The lowest BCUT2D eigenvalue weighted by Crippen LogP contribution is -2.28. The van der Waals surface area contributed by atoms with Gasteiger partial charge in [0.25, 0.3) is 21.9 Å². The zero-order valence-corrected chi connectivity index (χ0v) is 15.2. The van der Waals surface area contributed by atoms with E-state index in [2.05, 4.69) is 20.9 Å². The first-order valence-corrected chi connectivity index (χ1v) is 9.47. The molecular weight excluding hydrogens is 372 g/mol. The van der Waals surface area contributed by atoms with Crippen molar-refractivity contribution in [3.63, 3.8) is 0 Å². The van der Waals surface area contributed by atoms with Crippen LogP contribution in [-0.4, -0.2) is 44.1 Å². The highest BCUT2D eigenvalue weighted by Crippen LogP contribution is 2.19. The van der Waals surface area contributed by atoms with Crippen LogP contribution in [0.5, 0.6) is 0 Å². The third-order valence-corrected chi connectivity index (χ3v) is 4.13. The molecule has 0 aliphatic carbocycles. The summed E-state index contributed by atoms with van der Waals surface area (Å²) < 4.78 is 29.8. The van der Waals surface area contributed by atoms with Gasteiger partial charge in [-0.3, -0.25) is 14.1 Å². The molecule has 2 rings (SSSR count). The first-order valence-electron chi connectivity index (χ1n) is 7.86. The van der Waals surface area contributed by atoms with E-state index in [0.717, 1.165) is 0 Å². The van der Waals surface area contributed by atoms with Gasteiger partial charge in [0.2, 0.25) is 0 Å². The minimum absolute atomic E-state index is 0.189. The number of nitrogens with one attached hydrogen (secondary N) is 2. The number of carbonyl (C=O) groups is 2. The van der Waals surface area contributed by atoms with Crippen LogP contribution < -0.4 is 10.6 Å². The maximum Gasteiger partial charge on any atom is 0.266 e. The highest BCUT2D eigenvalue weighted by Gasteiger charge is 2.08. The normalized spacial score (nSPS) is 11.3. The molecule has 0 aromatic heterocycles. The molecule has 142 valence electrons. The van der Waals surface area contributed by atoms with Gasteiger partial charge in [0.15, 0.2) is 0 Å². The van der Waals surface area contributed by atoms with E-state index in [1.807, 2.05) is 0 Å². The Kier molecular flexibility index (Phi) is 6.74. The molecule has 0 radical (unpaired) electrons. The number of azo groups is 1. The Hall–Kier alpha value is -3.11. The fraction of sp³-hybridized carbons (Fsp3) is 0.176. The van der Waals surface area contributed by atoms with Crippen molar-refractivity contribution >= 4 is 33.3 Å². The molecule has 0 bridgehead atoms. The average Bonchev–Trinajstić information content (AvgIpc) is 2.65. The molecular formula is C17H18N4O5S. The maximum absolute atomic E-state index is 11.9. The van der Waals surface area contributed by atoms with Crippen LogP contribution in [0.4, 0.5) is 11.4 Å². The Morgan fingerprint density at radius 1 is 0.889 bits per heavy atom. The number of amides is 2. The van der Waals surface area contributed by atoms with Gasteiger partial charge >= 0.3 is 0 Å². The van der Waals surface area contributed by atoms with Gasteiger partial charge in [-0.15, -0.1) is 0 Å². The fourth-order valence-corrected chi connectivity index (χ4v) is 2.37. The largest absolute Gasteiger partial charge is 0.355 e. The van der Waals surface area contributed by atoms with Gasteiger partial charge in [-0.25, -0.2) is 0 Å². The van der Waals surface area contributed by atoms with E-state index in [1.54, 1.807) is 43.4 Å². The van der Waals surface area contributed by atoms with Crippen LogP contribution in [0.3, 0.4) is 0 Å². The second kappa shape index (κ2) is 9.01. The second-order valence-electron chi connectivity index (χ2n) is 5.41. The lowest BCUT2D eigenvalue weighted by atomic mass is 10.2. The lowest BCUT2D eigenvalue weighted by Gasteiger charge is -2.04. The number of carbonyl (C=O) groups excluding carboxylic acids is 2. The molecule has 0 aliphatic heterocycles. The molecule has 0 heterocycles. The van der Waals surface area contributed by atoms with Crippen LogP contribution in [-0.2, 0) is 10.1 Å². The predicted molar refractivity (Wildman–Crippen MR) is 99.2 cm³/mol. The molecule has 2 amide bonds. The van der Waals surface area contributed by atoms with Gasteiger partial charge in [-0.2, -0.15) is 18.6 Å². The summed E-state index contributed by atoms with van der Waals surface area (Å²) in [5, 5.41) is 13.0. The standard InChI is InChI=1S/C17H18N4O5S/c1-18-16(22)12-2-6-14(7-3-12)20-21-15-8-4-13(5-9-15)17(23)19-10-11-27(24,25)26/h2-9H,10-11H2,1H3,(H,18,22)(H,19,23)(H,24,25,26). The van der Waals surface area contributed by atoms with E-state index < -0.39 is 21.8 Å². The van der Waals surface area contributed by atoms with Gasteiger partial charge in [-0.1, -0.05) is 0 Å². The predicted octanol–water partition coefficient (Wildman–Crippen LogP) is 2.08. The quantitative estimate of drug-likeness (QED) is 0.491. The zero-order chi connectivity index (χ0) is 19.9. The van der Waals surface area contributed by atoms with Gasteiger partial charge in [0.05, 0.1) is 17.1 Å². The van der Waals surface area contributed by atoms with Gasteiger partial charge < -0.3 is 10.6 Å². The third kappa shape index (κ3) is 6.60. The minimum atomic E-state index is -4.12. The third-order valence-electron chi connectivity index (χ3n) is 3.41. The molecule has 2 aromatic carbocycles. The smallest absolute Gasteiger partial charge is 0.266 e. The number of benzene rings is 2. The van der Waals surface area contributed by atoms with Crippen molar-refractivity contribution in [2.24, 2.45) is 10.2 Å². The van der Waals surface area contributed by atoms with Crippen molar-refractivity contribution in [1.82, 2.24) is 10.6 Å². The Morgan fingerprint density at radius 3 is 1.74 bits per heavy atom. The SMILES string of the molecule is CNC(=O)c1ccc(N=Nc2ccc(C(=O)NCCS(=O)(=O)O)cc2)cc1. The van der Waals surface area contributed by atoms with Crippen molar-refractivity contribution in [2.75, 3.05) is 19.3 Å². The number of nitrogens with zero attached hydrogens (tertiary/aromatic N) is 2. The van der Waals surface area contributed by atoms with E-state index >= 15 is 0 Å². The van der Waals surface area contributed by atoms with Crippen molar-refractivity contribution in [3.8, 4) is 0 Å². The maximum atomic E-state index is 11.9. The Balaban J connectivity index is 1.95. The van der Waals surface area contributed by atoms with Crippen LogP contribution in [0.2, 0.25) is 0 Å². The molecule has 3 N–H and O–H groups in total. The molecule has 0 saturated heterocycles. The summed E-state index contributed by atoms with van der Waals surface area (Å²) in [6.07, 6.45) is 0. The van der Waals surface area contributed by atoms with E-state index in [-0.39, 0.29) is 12.5 Å². The summed E-state index contributed by atoms with van der Waals surface area (Å²) in [6, 6.07) is 12.8. The summed E-state index contributed by atoms with van der Waals surface area (Å²) in [5.74, 6) is -1.21. The molecule has 2 aromatic rings. The van der Waals surface area contributed by atoms with Crippen LogP contribution in [0, 0.1) is 0 Å². The molecule has 0 fully saturated rings. The van der Waals surface area contributed by atoms with E-state index in [0.29, 0.717) is 22.5 Å². The van der Waals surface area contributed by atoms with Gasteiger partial charge in [-0.05, 0) is 48.5 Å². The van der Waals surface area contributed by atoms with Crippen LogP contribution >= 0.6 is 0 Å². The summed E-state index contributed by atoms with van der Waals surface area (Å²) in [4.78, 5) is 23.3.